The minimum absolute atomic E-state index is 0.0464. The average molecular weight is 466 g/mol. The van der Waals surface area contributed by atoms with Gasteiger partial charge in [-0.3, -0.25) is 4.79 Å². The number of rotatable bonds is 9. The highest BCUT2D eigenvalue weighted by Gasteiger charge is 2.22. The van der Waals surface area contributed by atoms with Crippen LogP contribution in [0, 0.1) is 11.6 Å². The second-order valence-corrected chi connectivity index (χ2v) is 7.33. The van der Waals surface area contributed by atoms with Crippen molar-refractivity contribution in [1.29, 1.82) is 0 Å². The number of amides is 1. The highest BCUT2D eigenvalue weighted by Crippen LogP contribution is 2.32. The molecule has 0 aromatic heterocycles. The molecule has 1 amide bonds. The highest BCUT2D eigenvalue weighted by molar-refractivity contribution is 5.53. The zero-order valence-corrected chi connectivity index (χ0v) is 19.3. The van der Waals surface area contributed by atoms with Crippen molar-refractivity contribution in [2.75, 3.05) is 52.8 Å². The first-order valence-electron chi connectivity index (χ1n) is 10.6. The summed E-state index contributed by atoms with van der Waals surface area (Å²) < 4.78 is 31.7. The Hall–Kier alpha value is -3.04. The molecule has 182 valence electrons. The zero-order valence-electron chi connectivity index (χ0n) is 19.3. The normalized spacial score (nSPS) is 12.2. The largest absolute Gasteiger partial charge is 0.493 e. The van der Waals surface area contributed by atoms with Gasteiger partial charge in [-0.1, -0.05) is 0 Å². The molecule has 1 atom stereocenters. The van der Waals surface area contributed by atoms with Crippen LogP contribution in [0.5, 0.6) is 5.75 Å². The smallest absolute Gasteiger partial charge is 0.206 e. The van der Waals surface area contributed by atoms with Crippen LogP contribution >= 0.6 is 0 Å². The summed E-state index contributed by atoms with van der Waals surface area (Å²) in [5.41, 5.74) is 2.49. The number of ether oxygens (including phenoxy) is 1. The number of fused-ring (bicyclic) bond motifs is 1. The molecule has 0 spiro atoms. The number of nitrogens with one attached hydrogen (secondary N) is 2. The van der Waals surface area contributed by atoms with Gasteiger partial charge in [-0.25, -0.2) is 8.78 Å². The average Bonchev–Trinajstić information content (AvgIpc) is 3.27. The minimum atomic E-state index is -0.324. The molecular weight excluding hydrogens is 432 g/mol. The number of aliphatic hydroxyl groups excluding tert-OH is 1. The fourth-order valence-electron chi connectivity index (χ4n) is 3.20. The van der Waals surface area contributed by atoms with Gasteiger partial charge < -0.3 is 30.2 Å². The molecule has 3 rings (SSSR count). The van der Waals surface area contributed by atoms with Crippen molar-refractivity contribution < 1.29 is 28.2 Å². The standard InChI is InChI=1S/C15H20FNO3.C7H8FN.C2H5NO/c1-17(4-6-19)10-12(2-5-18)13-8-11-3-7-20-15(11)9-14(13)16;1-9-7-4-2-6(8)3-5-7;1-3-2-4/h5,8-9,12,19H,2-4,6-7,10H2,1H3;2-5,9H,1H3;2H,1H3,(H,3,4). The van der Waals surface area contributed by atoms with Gasteiger partial charge in [-0.05, 0) is 48.5 Å². The molecule has 0 fully saturated rings. The van der Waals surface area contributed by atoms with Crippen LogP contribution < -0.4 is 15.4 Å². The second kappa shape index (κ2) is 15.7. The lowest BCUT2D eigenvalue weighted by Crippen LogP contribution is -2.28. The van der Waals surface area contributed by atoms with E-state index in [0.29, 0.717) is 37.4 Å². The van der Waals surface area contributed by atoms with Gasteiger partial charge in [-0.15, -0.1) is 0 Å². The summed E-state index contributed by atoms with van der Waals surface area (Å²) in [6.07, 6.45) is 2.50. The van der Waals surface area contributed by atoms with Crippen LogP contribution in [-0.4, -0.2) is 70.1 Å². The van der Waals surface area contributed by atoms with Crippen molar-refractivity contribution >= 4 is 18.4 Å². The van der Waals surface area contributed by atoms with E-state index in [1.54, 1.807) is 26.2 Å². The third-order valence-electron chi connectivity index (χ3n) is 4.89. The Kier molecular flexibility index (Phi) is 13.3. The molecule has 0 saturated carbocycles. The highest BCUT2D eigenvalue weighted by atomic mass is 19.1. The van der Waals surface area contributed by atoms with E-state index >= 15 is 0 Å². The van der Waals surface area contributed by atoms with Gasteiger partial charge in [0.05, 0.1) is 13.2 Å². The van der Waals surface area contributed by atoms with Gasteiger partial charge in [-0.2, -0.15) is 0 Å². The van der Waals surface area contributed by atoms with Crippen molar-refractivity contribution in [3.05, 3.63) is 59.2 Å². The quantitative estimate of drug-likeness (QED) is 0.493. The molecule has 0 aliphatic carbocycles. The molecule has 2 aromatic carbocycles. The first-order chi connectivity index (χ1) is 15.9. The van der Waals surface area contributed by atoms with Gasteiger partial charge >= 0.3 is 0 Å². The predicted molar refractivity (Wildman–Crippen MR) is 125 cm³/mol. The molecular formula is C24H33F2N3O4. The zero-order chi connectivity index (χ0) is 24.6. The molecule has 1 aliphatic heterocycles. The Morgan fingerprint density at radius 2 is 1.85 bits per heavy atom. The summed E-state index contributed by atoms with van der Waals surface area (Å²) in [7, 11) is 5.21. The number of halogens is 2. The van der Waals surface area contributed by atoms with Crippen LogP contribution in [0.2, 0.25) is 0 Å². The van der Waals surface area contributed by atoms with E-state index in [1.165, 1.54) is 18.2 Å². The number of aldehydes is 1. The molecule has 1 unspecified atom stereocenters. The Morgan fingerprint density at radius 1 is 1.18 bits per heavy atom. The number of hydrogen-bond acceptors (Lipinski definition) is 6. The van der Waals surface area contributed by atoms with Crippen molar-refractivity contribution in [3.63, 3.8) is 0 Å². The molecule has 1 aliphatic rings. The molecule has 0 saturated heterocycles. The van der Waals surface area contributed by atoms with E-state index in [2.05, 4.69) is 10.6 Å². The number of aliphatic hydroxyl groups is 1. The van der Waals surface area contributed by atoms with Crippen LogP contribution in [0.3, 0.4) is 0 Å². The number of likely N-dealkylation sites (N-methyl/N-ethyl adjacent to an activating group) is 1. The molecule has 0 bridgehead atoms. The third-order valence-corrected chi connectivity index (χ3v) is 4.89. The maximum absolute atomic E-state index is 14.2. The molecule has 9 heteroatoms. The molecule has 0 radical (unpaired) electrons. The summed E-state index contributed by atoms with van der Waals surface area (Å²) in [6, 6.07) is 9.46. The molecule has 2 aromatic rings. The Bertz CT molecular complexity index is 850. The van der Waals surface area contributed by atoms with Crippen LogP contribution in [-0.2, 0) is 16.0 Å². The Balaban J connectivity index is 0.000000345. The van der Waals surface area contributed by atoms with Crippen molar-refractivity contribution in [1.82, 2.24) is 10.2 Å². The van der Waals surface area contributed by atoms with Gasteiger partial charge in [0.2, 0.25) is 6.41 Å². The van der Waals surface area contributed by atoms with E-state index in [0.717, 1.165) is 24.0 Å². The Labute approximate surface area is 193 Å². The van der Waals surface area contributed by atoms with Crippen molar-refractivity contribution in [3.8, 4) is 5.75 Å². The molecule has 3 N–H and O–H groups in total. The fourth-order valence-corrected chi connectivity index (χ4v) is 3.20. The number of anilines is 1. The van der Waals surface area contributed by atoms with E-state index in [-0.39, 0.29) is 30.6 Å². The number of benzene rings is 2. The predicted octanol–water partition coefficient (Wildman–Crippen LogP) is 2.59. The summed E-state index contributed by atoms with van der Waals surface area (Å²) in [5.74, 6) is -0.112. The van der Waals surface area contributed by atoms with E-state index in [9.17, 15) is 13.6 Å². The maximum Gasteiger partial charge on any atom is 0.206 e. The van der Waals surface area contributed by atoms with Gasteiger partial charge in [0.1, 0.15) is 23.7 Å². The van der Waals surface area contributed by atoms with Crippen molar-refractivity contribution in [2.45, 2.75) is 18.8 Å². The van der Waals surface area contributed by atoms with Gasteiger partial charge in [0.15, 0.2) is 0 Å². The third kappa shape index (κ3) is 9.97. The number of hydrogen-bond donors (Lipinski definition) is 3. The fraction of sp³-hybridized carbons (Fsp3) is 0.417. The number of nitrogens with zero attached hydrogens (tertiary/aromatic N) is 1. The summed E-state index contributed by atoms with van der Waals surface area (Å²) >= 11 is 0. The van der Waals surface area contributed by atoms with Gasteiger partial charge in [0.25, 0.3) is 0 Å². The summed E-state index contributed by atoms with van der Waals surface area (Å²) in [5, 5.41) is 14.1. The van der Waals surface area contributed by atoms with Gasteiger partial charge in [0, 0.05) is 57.7 Å². The van der Waals surface area contributed by atoms with Crippen LogP contribution in [0.25, 0.3) is 0 Å². The summed E-state index contributed by atoms with van der Waals surface area (Å²) in [4.78, 5) is 21.8. The van der Waals surface area contributed by atoms with Crippen LogP contribution in [0.1, 0.15) is 23.5 Å². The lowest BCUT2D eigenvalue weighted by molar-refractivity contribution is -0.109. The molecule has 7 nitrogen and oxygen atoms in total. The second-order valence-electron chi connectivity index (χ2n) is 7.33. The van der Waals surface area contributed by atoms with E-state index in [4.69, 9.17) is 14.6 Å². The SMILES string of the molecule is CN(CCO)CC(CC=O)c1cc2c(cc1F)OCC2.CNC=O.CNc1ccc(F)cc1. The van der Waals surface area contributed by atoms with E-state index in [1.807, 2.05) is 18.0 Å². The number of carbonyl (C=O) groups excluding carboxylic acids is 2. The first-order valence-corrected chi connectivity index (χ1v) is 10.6. The maximum atomic E-state index is 14.2. The van der Waals surface area contributed by atoms with Crippen LogP contribution in [0.4, 0.5) is 14.5 Å². The molecule has 33 heavy (non-hydrogen) atoms. The van der Waals surface area contributed by atoms with E-state index < -0.39 is 0 Å². The monoisotopic (exact) mass is 465 g/mol. The first kappa shape index (κ1) is 28.0. The Morgan fingerprint density at radius 3 is 2.39 bits per heavy atom. The van der Waals surface area contributed by atoms with Crippen molar-refractivity contribution in [2.24, 2.45) is 0 Å². The van der Waals surface area contributed by atoms with Crippen LogP contribution in [0.15, 0.2) is 36.4 Å². The molecule has 1 heterocycles. The topological polar surface area (TPSA) is 90.9 Å². The lowest BCUT2D eigenvalue weighted by Gasteiger charge is -2.23. The number of carbonyl (C=O) groups is 2. The minimum Gasteiger partial charge on any atom is -0.493 e. The summed E-state index contributed by atoms with van der Waals surface area (Å²) in [6.45, 7) is 1.67. The lowest BCUT2D eigenvalue weighted by atomic mass is 9.93.